The third kappa shape index (κ3) is 13.9. The molecule has 0 fully saturated rings. The van der Waals surface area contributed by atoms with Crippen LogP contribution in [0.15, 0.2) is 162 Å². The second kappa shape index (κ2) is 26.0. The van der Waals surface area contributed by atoms with Gasteiger partial charge >= 0.3 is 0 Å². The molecular weight excluding hydrogens is 1090 g/mol. The maximum Gasteiger partial charge on any atom is 0.276 e. The Morgan fingerprint density at radius 3 is 1.81 bits per heavy atom. The highest BCUT2D eigenvalue weighted by Crippen LogP contribution is 2.37. The largest absolute Gasteiger partial charge is 0.387 e. The number of H-pyrrole nitrogens is 2. The van der Waals surface area contributed by atoms with E-state index in [4.69, 9.17) is 11.6 Å². The van der Waals surface area contributed by atoms with E-state index in [-0.39, 0.29) is 39.5 Å². The quantitative estimate of drug-likeness (QED) is 0.0540. The predicted molar refractivity (Wildman–Crippen MR) is 320 cm³/mol. The molecule has 3 atom stereocenters. The van der Waals surface area contributed by atoms with Crippen molar-refractivity contribution in [2.75, 3.05) is 79.6 Å². The smallest absolute Gasteiger partial charge is 0.276 e. The van der Waals surface area contributed by atoms with Crippen molar-refractivity contribution in [1.29, 1.82) is 0 Å². The van der Waals surface area contributed by atoms with Crippen LogP contribution < -0.4 is 42.3 Å². The fourth-order valence-corrected chi connectivity index (χ4v) is 11.4. The summed E-state index contributed by atoms with van der Waals surface area (Å²) in [6.45, 7) is 6.09. The van der Waals surface area contributed by atoms with E-state index in [0.717, 1.165) is 61.9 Å². The van der Waals surface area contributed by atoms with Crippen molar-refractivity contribution in [3.05, 3.63) is 201 Å². The number of thiazole rings is 1. The van der Waals surface area contributed by atoms with Crippen LogP contribution in [0.4, 0.5) is 29.1 Å². The minimum atomic E-state index is -0.625. The number of aryl methyl sites for hydroxylation is 2. The molecule has 78 heavy (non-hydrogen) atoms. The number of benzene rings is 4. The first-order valence-electron chi connectivity index (χ1n) is 24.4. The molecule has 18 nitrogen and oxygen atoms in total. The van der Waals surface area contributed by atoms with Gasteiger partial charge in [0.15, 0.2) is 15.5 Å². The van der Waals surface area contributed by atoms with Crippen LogP contribution in [0.5, 0.6) is 0 Å². The first kappa shape index (κ1) is 57.0. The van der Waals surface area contributed by atoms with E-state index in [2.05, 4.69) is 96.4 Å². The highest BCUT2D eigenvalue weighted by atomic mass is 35.5. The molecule has 7 heterocycles. The molecule has 2 aliphatic heterocycles. The highest BCUT2D eigenvalue weighted by Gasteiger charge is 2.31. The summed E-state index contributed by atoms with van der Waals surface area (Å²) in [5.74, 6) is 2.91. The average molecular weight is 1140 g/mol. The maximum atomic E-state index is 12.3. The molecule has 23 heteroatoms. The van der Waals surface area contributed by atoms with Crippen LogP contribution in [0.3, 0.4) is 0 Å². The van der Waals surface area contributed by atoms with Gasteiger partial charge in [-0.15, -0.1) is 11.3 Å². The summed E-state index contributed by atoms with van der Waals surface area (Å²) >= 11 is 11.4. The van der Waals surface area contributed by atoms with Crippen LogP contribution in [-0.2, 0) is 0 Å². The Morgan fingerprint density at radius 1 is 0.692 bits per heavy atom. The Labute approximate surface area is 472 Å². The summed E-state index contributed by atoms with van der Waals surface area (Å²) < 4.78 is 5.43. The highest BCUT2D eigenvalue weighted by molar-refractivity contribution is 7.98. The van der Waals surface area contributed by atoms with Gasteiger partial charge in [0.1, 0.15) is 22.6 Å². The van der Waals surface area contributed by atoms with Crippen LogP contribution in [-0.4, -0.2) is 109 Å². The molecular formula is C55H58ClN13O5S4. The lowest BCUT2D eigenvalue weighted by Crippen LogP contribution is -2.26. The van der Waals surface area contributed by atoms with Crippen LogP contribution in [0.25, 0.3) is 10.2 Å². The molecule has 0 bridgehead atoms. The summed E-state index contributed by atoms with van der Waals surface area (Å²) in [6, 6.07) is 40.4. The molecule has 2 aliphatic rings. The van der Waals surface area contributed by atoms with Crippen molar-refractivity contribution < 1.29 is 5.11 Å². The van der Waals surface area contributed by atoms with E-state index in [1.54, 1.807) is 35.4 Å². The van der Waals surface area contributed by atoms with Crippen molar-refractivity contribution in [2.45, 2.75) is 47.5 Å². The summed E-state index contributed by atoms with van der Waals surface area (Å²) in [7, 11) is 5.82. The fraction of sp³-hybridized carbons (Fsp3) is 0.255. The van der Waals surface area contributed by atoms with Crippen LogP contribution in [0.2, 0.25) is 5.15 Å². The summed E-state index contributed by atoms with van der Waals surface area (Å²) in [5, 5.41) is 16.8. The zero-order valence-corrected chi connectivity index (χ0v) is 48.1. The summed E-state index contributed by atoms with van der Waals surface area (Å²) in [6.07, 6.45) is 4.99. The zero-order chi connectivity index (χ0) is 55.6. The van der Waals surface area contributed by atoms with Crippen molar-refractivity contribution >= 4 is 97.5 Å². The number of fused-ring (bicyclic) bond motifs is 3. The molecule has 0 amide bonds. The predicted octanol–water partition coefficient (Wildman–Crippen LogP) is 9.06. The van der Waals surface area contributed by atoms with Crippen LogP contribution >= 0.6 is 58.2 Å². The number of aromatic amines is 2. The number of hydrogen-bond acceptors (Lipinski definition) is 18. The zero-order valence-electron chi connectivity index (χ0n) is 44.0. The van der Waals surface area contributed by atoms with Gasteiger partial charge in [0.25, 0.3) is 22.2 Å². The molecule has 0 radical (unpaired) electrons. The number of thioether (sulfide) groups is 3. The van der Waals surface area contributed by atoms with Gasteiger partial charge in [0.2, 0.25) is 5.95 Å². The van der Waals surface area contributed by atoms with Crippen molar-refractivity contribution in [3.8, 4) is 0 Å². The van der Waals surface area contributed by atoms with Gasteiger partial charge in [-0.2, -0.15) is 9.97 Å². The first-order chi connectivity index (χ1) is 37.5. The minimum absolute atomic E-state index is 0.0809. The van der Waals surface area contributed by atoms with E-state index < -0.39 is 6.10 Å². The minimum Gasteiger partial charge on any atom is -0.387 e. The van der Waals surface area contributed by atoms with Crippen LogP contribution in [0, 0.1) is 13.8 Å². The van der Waals surface area contributed by atoms with E-state index >= 15 is 0 Å². The number of anilines is 5. The van der Waals surface area contributed by atoms with Gasteiger partial charge in [0.05, 0.1) is 33.4 Å². The molecule has 4 N–H and O–H groups in total. The molecule has 0 spiro atoms. The number of likely N-dealkylation sites (N-methyl/N-ethyl adjacent to an activating group) is 3. The number of nitrogens with one attached hydrogen (secondary N) is 3. The van der Waals surface area contributed by atoms with Crippen molar-refractivity contribution in [1.82, 2.24) is 44.0 Å². The summed E-state index contributed by atoms with van der Waals surface area (Å²) in [4.78, 5) is 78.5. The lowest BCUT2D eigenvalue weighted by Gasteiger charge is -2.22. The molecule has 4 aromatic carbocycles. The van der Waals surface area contributed by atoms with Crippen molar-refractivity contribution in [2.24, 2.45) is 0 Å². The van der Waals surface area contributed by atoms with E-state index in [0.29, 0.717) is 28.6 Å². The number of aliphatic hydroxyl groups excluding tert-OH is 1. The maximum absolute atomic E-state index is 12.3. The third-order valence-corrected chi connectivity index (χ3v) is 15.5. The lowest BCUT2D eigenvalue weighted by atomic mass is 10.1. The SMILES string of the molecule is CSc1nc(=O)cc2n1C(c1ccccc1)CN2C.CSc1nc(Cl)cc(=O)[nH]1.CSc1nc(N(C)CC(O)c2ccccc2)cc(=O)[nH]1.Cc1nc2cc(Nc3nc(=O)cc4n3C(c3ccccc3)CN4C)c(C)cc2s1. The Bertz CT molecular complexity index is 3750. The number of aliphatic hydroxyl groups is 1. The number of rotatable bonds is 11. The topological polar surface area (TPSA) is 216 Å². The fourth-order valence-electron chi connectivity index (χ4n) is 8.88. The second-order valence-electron chi connectivity index (χ2n) is 18.1. The molecule has 404 valence electrons. The number of aromatic nitrogens is 9. The lowest BCUT2D eigenvalue weighted by molar-refractivity contribution is 0.184. The third-order valence-electron chi connectivity index (χ3n) is 12.6. The Morgan fingerprint density at radius 2 is 1.23 bits per heavy atom. The van der Waals surface area contributed by atoms with Gasteiger partial charge in [0, 0.05) is 70.7 Å². The van der Waals surface area contributed by atoms with Crippen molar-refractivity contribution in [3.63, 3.8) is 0 Å². The van der Waals surface area contributed by atoms with Crippen LogP contribution in [0.1, 0.15) is 45.4 Å². The molecule has 0 saturated carbocycles. The van der Waals surface area contributed by atoms with E-state index in [1.807, 2.05) is 113 Å². The molecule has 9 aromatic rings. The molecule has 0 saturated heterocycles. The van der Waals surface area contributed by atoms with Gasteiger partial charge in [-0.1, -0.05) is 138 Å². The molecule has 5 aromatic heterocycles. The average Bonchev–Trinajstić information content (AvgIpc) is 4.20. The Balaban J connectivity index is 0.000000145. The normalized spacial score (nSPS) is 14.5. The monoisotopic (exact) mass is 1140 g/mol. The Hall–Kier alpha value is -7.21. The van der Waals surface area contributed by atoms with Gasteiger partial charge in [-0.25, -0.2) is 15.0 Å². The molecule has 3 unspecified atom stereocenters. The standard InChI is InChI=1S/C22H21N5OS.C14H17N3O2S.C14H15N3OS.C5H5ClN2OS/c1-13-9-19-17(23-14(2)29-19)10-16(13)24-22-25-20(28)11-21-26(3)12-18(27(21)22)15-7-5-4-6-8-15;1-17(9-11(18)10-6-4-3-5-7-10)12-8-13(19)16-14(15-12)20-2;1-16-9-11(10-6-4-3-5-7-10)17-13(16)8-12(18)15-14(17)19-2;1-10-5-7-3(6)2-4(9)8-5/h4-11,18H,12H2,1-3H3,(H,24,25,28);3-8,11,18H,9H2,1-2H3,(H,15,16,19);3-8,11H,9H2,1-2H3;2H,1H3,(H,7,8,9). The number of hydrogen-bond donors (Lipinski definition) is 4. The first-order valence-corrected chi connectivity index (χ1v) is 29.3. The second-order valence-corrected chi connectivity index (χ2v) is 22.0. The number of nitrogens with zero attached hydrogens (tertiary/aromatic N) is 10. The van der Waals surface area contributed by atoms with Gasteiger partial charge in [-0.05, 0) is 67.0 Å². The number of halogens is 1. The van der Waals surface area contributed by atoms with E-state index in [1.165, 1.54) is 58.5 Å². The summed E-state index contributed by atoms with van der Waals surface area (Å²) in [5.41, 5.74) is 5.41. The molecule has 0 aliphatic carbocycles. The van der Waals surface area contributed by atoms with E-state index in [9.17, 15) is 24.3 Å². The molecule has 11 rings (SSSR count). The van der Waals surface area contributed by atoms with Gasteiger partial charge < -0.3 is 35.1 Å². The van der Waals surface area contributed by atoms with Gasteiger partial charge in [-0.3, -0.25) is 28.3 Å². The Kier molecular flexibility index (Phi) is 19.0.